The van der Waals surface area contributed by atoms with Gasteiger partial charge < -0.3 is 10.6 Å². The van der Waals surface area contributed by atoms with Crippen LogP contribution < -0.4 is 10.6 Å². The van der Waals surface area contributed by atoms with Crippen molar-refractivity contribution in [2.75, 3.05) is 11.4 Å². The average molecular weight is 290 g/mol. The van der Waals surface area contributed by atoms with Crippen molar-refractivity contribution in [1.82, 2.24) is 0 Å². The summed E-state index contributed by atoms with van der Waals surface area (Å²) in [4.78, 5) is 13.8. The van der Waals surface area contributed by atoms with Crippen LogP contribution in [-0.4, -0.2) is 12.5 Å². The van der Waals surface area contributed by atoms with E-state index in [0.29, 0.717) is 30.0 Å². The fourth-order valence-electron chi connectivity index (χ4n) is 4.04. The van der Waals surface area contributed by atoms with Crippen molar-refractivity contribution < 1.29 is 13.6 Å². The zero-order valence-electron chi connectivity index (χ0n) is 11.4. The number of amides is 1. The van der Waals surface area contributed by atoms with Gasteiger partial charge in [-0.1, -0.05) is 12.2 Å². The maximum atomic E-state index is 13.9. The quantitative estimate of drug-likeness (QED) is 0.851. The highest BCUT2D eigenvalue weighted by Gasteiger charge is 2.42. The molecule has 1 aromatic carbocycles. The average Bonchev–Trinajstić information content (AvgIpc) is 3.09. The van der Waals surface area contributed by atoms with Crippen molar-refractivity contribution in [3.8, 4) is 0 Å². The Morgan fingerprint density at radius 1 is 1.24 bits per heavy atom. The summed E-state index contributed by atoms with van der Waals surface area (Å²) in [5, 5.41) is 0. The van der Waals surface area contributed by atoms with E-state index < -0.39 is 17.7 Å². The number of allylic oxidation sites excluding steroid dienone is 2. The lowest BCUT2D eigenvalue weighted by Gasteiger charge is -2.25. The summed E-state index contributed by atoms with van der Waals surface area (Å²) < 4.78 is 27.4. The molecule has 110 valence electrons. The van der Waals surface area contributed by atoms with Crippen molar-refractivity contribution in [3.05, 3.63) is 41.5 Å². The van der Waals surface area contributed by atoms with E-state index in [-0.39, 0.29) is 11.5 Å². The summed E-state index contributed by atoms with van der Waals surface area (Å²) in [5.41, 5.74) is 6.24. The highest BCUT2D eigenvalue weighted by atomic mass is 19.1. The Balaban J connectivity index is 1.68. The van der Waals surface area contributed by atoms with E-state index in [0.717, 1.165) is 18.9 Å². The topological polar surface area (TPSA) is 46.3 Å². The summed E-state index contributed by atoms with van der Waals surface area (Å²) in [7, 11) is 0. The molecule has 4 unspecified atom stereocenters. The molecule has 0 aromatic heterocycles. The Morgan fingerprint density at radius 3 is 2.71 bits per heavy atom. The Kier molecular flexibility index (Phi) is 2.70. The number of nitrogens with zero attached hydrogens (tertiary/aromatic N) is 1. The predicted molar refractivity (Wildman–Crippen MR) is 74.5 cm³/mol. The molecule has 4 rings (SSSR count). The highest BCUT2D eigenvalue weighted by Crippen LogP contribution is 2.46. The molecule has 1 aliphatic heterocycles. The molecule has 1 aromatic rings. The maximum Gasteiger partial charge on any atom is 0.248 e. The molecule has 0 saturated heterocycles. The number of carbonyl (C=O) groups excluding carboxylic acids is 1. The number of nitrogens with two attached hydrogens (primary N) is 1. The monoisotopic (exact) mass is 290 g/mol. The van der Waals surface area contributed by atoms with Gasteiger partial charge in [0.15, 0.2) is 0 Å². The minimum atomic E-state index is -1.02. The van der Waals surface area contributed by atoms with E-state index in [9.17, 15) is 13.6 Å². The maximum absolute atomic E-state index is 13.9. The third-order valence-electron chi connectivity index (χ3n) is 5.04. The largest absolute Gasteiger partial charge is 0.316 e. The summed E-state index contributed by atoms with van der Waals surface area (Å²) in [6, 6.07) is 0.983. The van der Waals surface area contributed by atoms with Gasteiger partial charge in [0.25, 0.3) is 0 Å². The third-order valence-corrected chi connectivity index (χ3v) is 5.04. The van der Waals surface area contributed by atoms with Crippen molar-refractivity contribution in [2.24, 2.45) is 23.5 Å². The molecule has 2 aliphatic carbocycles. The summed E-state index contributed by atoms with van der Waals surface area (Å²) in [6.45, 7) is 0.494. The fourth-order valence-corrected chi connectivity index (χ4v) is 4.04. The highest BCUT2D eigenvalue weighted by molar-refractivity contribution is 6.04. The SMILES string of the molecule is NC1C(=O)N(CC2CC3C=CC2C3)c2cc(F)cc(F)c21. The van der Waals surface area contributed by atoms with Gasteiger partial charge in [-0.25, -0.2) is 8.78 Å². The van der Waals surface area contributed by atoms with E-state index in [1.807, 2.05) is 0 Å². The molecule has 4 atom stereocenters. The van der Waals surface area contributed by atoms with Gasteiger partial charge in [-0.05, 0) is 36.7 Å². The van der Waals surface area contributed by atoms with E-state index in [2.05, 4.69) is 12.2 Å². The lowest BCUT2D eigenvalue weighted by atomic mass is 9.93. The summed E-state index contributed by atoms with van der Waals surface area (Å²) in [6.07, 6.45) is 6.59. The van der Waals surface area contributed by atoms with Crippen LogP contribution in [0.5, 0.6) is 0 Å². The van der Waals surface area contributed by atoms with Crippen molar-refractivity contribution in [2.45, 2.75) is 18.9 Å². The molecular weight excluding hydrogens is 274 g/mol. The Morgan fingerprint density at radius 2 is 2.05 bits per heavy atom. The van der Waals surface area contributed by atoms with Crippen molar-refractivity contribution in [3.63, 3.8) is 0 Å². The Labute approximate surface area is 121 Å². The van der Waals surface area contributed by atoms with Crippen LogP contribution in [0.15, 0.2) is 24.3 Å². The van der Waals surface area contributed by atoms with Gasteiger partial charge in [0.05, 0.1) is 5.69 Å². The molecule has 5 heteroatoms. The van der Waals surface area contributed by atoms with Crippen LogP contribution in [0.1, 0.15) is 24.4 Å². The van der Waals surface area contributed by atoms with Gasteiger partial charge in [-0.15, -0.1) is 0 Å². The van der Waals surface area contributed by atoms with Gasteiger partial charge in [-0.2, -0.15) is 0 Å². The van der Waals surface area contributed by atoms with Gasteiger partial charge in [0, 0.05) is 18.2 Å². The van der Waals surface area contributed by atoms with Crippen LogP contribution in [0.25, 0.3) is 0 Å². The lowest BCUT2D eigenvalue weighted by Crippen LogP contribution is -2.36. The van der Waals surface area contributed by atoms with Crippen LogP contribution in [0.3, 0.4) is 0 Å². The number of benzene rings is 1. The number of halogens is 2. The number of hydrogen-bond donors (Lipinski definition) is 1. The van der Waals surface area contributed by atoms with E-state index >= 15 is 0 Å². The molecule has 3 aliphatic rings. The molecule has 0 radical (unpaired) electrons. The van der Waals surface area contributed by atoms with E-state index in [4.69, 9.17) is 5.73 Å². The molecule has 2 bridgehead atoms. The van der Waals surface area contributed by atoms with Gasteiger partial charge >= 0.3 is 0 Å². The molecule has 1 heterocycles. The zero-order chi connectivity index (χ0) is 14.7. The number of carbonyl (C=O) groups is 1. The zero-order valence-corrected chi connectivity index (χ0v) is 11.4. The summed E-state index contributed by atoms with van der Waals surface area (Å²) >= 11 is 0. The number of hydrogen-bond acceptors (Lipinski definition) is 2. The number of fused-ring (bicyclic) bond motifs is 3. The molecule has 2 N–H and O–H groups in total. The Bertz CT molecular complexity index is 658. The number of rotatable bonds is 2. The van der Waals surface area contributed by atoms with Crippen molar-refractivity contribution in [1.29, 1.82) is 0 Å². The second-order valence-corrected chi connectivity index (χ2v) is 6.29. The molecular formula is C16H16F2N2O. The second-order valence-electron chi connectivity index (χ2n) is 6.29. The van der Waals surface area contributed by atoms with Gasteiger partial charge in [0.2, 0.25) is 5.91 Å². The van der Waals surface area contributed by atoms with E-state index in [1.165, 1.54) is 11.0 Å². The smallest absolute Gasteiger partial charge is 0.248 e. The van der Waals surface area contributed by atoms with Crippen LogP contribution in [0.4, 0.5) is 14.5 Å². The van der Waals surface area contributed by atoms with Crippen LogP contribution in [-0.2, 0) is 4.79 Å². The summed E-state index contributed by atoms with van der Waals surface area (Å²) in [5.74, 6) is -0.321. The van der Waals surface area contributed by atoms with Gasteiger partial charge in [-0.3, -0.25) is 4.79 Å². The molecule has 21 heavy (non-hydrogen) atoms. The molecule has 1 fully saturated rings. The van der Waals surface area contributed by atoms with E-state index in [1.54, 1.807) is 0 Å². The molecule has 3 nitrogen and oxygen atoms in total. The minimum absolute atomic E-state index is 0.125. The van der Waals surface area contributed by atoms with Crippen LogP contribution >= 0.6 is 0 Å². The van der Waals surface area contributed by atoms with Gasteiger partial charge in [0.1, 0.15) is 17.7 Å². The molecule has 1 amide bonds. The first-order chi connectivity index (χ1) is 10.0. The fraction of sp³-hybridized carbons (Fsp3) is 0.438. The number of anilines is 1. The van der Waals surface area contributed by atoms with Crippen LogP contribution in [0.2, 0.25) is 0 Å². The van der Waals surface area contributed by atoms with Crippen molar-refractivity contribution >= 4 is 11.6 Å². The normalized spacial score (nSPS) is 33.1. The Hall–Kier alpha value is -1.75. The predicted octanol–water partition coefficient (Wildman–Crippen LogP) is 2.52. The first kappa shape index (κ1) is 13.0. The standard InChI is InChI=1S/C16H16F2N2O/c17-11-5-12(18)14-13(6-11)20(16(21)15(14)19)7-10-4-8-1-2-9(10)3-8/h1-2,5-6,8-10,15H,3-4,7,19H2. The molecule has 1 saturated carbocycles. The first-order valence-electron chi connectivity index (χ1n) is 7.29. The minimum Gasteiger partial charge on any atom is -0.316 e. The first-order valence-corrected chi connectivity index (χ1v) is 7.29. The molecule has 0 spiro atoms. The lowest BCUT2D eigenvalue weighted by molar-refractivity contribution is -0.119. The second kappa shape index (κ2) is 4.37. The third kappa shape index (κ3) is 1.83. The van der Waals surface area contributed by atoms with Crippen LogP contribution in [0, 0.1) is 29.4 Å².